The molecule has 0 spiro atoms. The monoisotopic (exact) mass is 504 g/mol. The Labute approximate surface area is 172 Å². The molecule has 1 aromatic heterocycles. The minimum Gasteiger partial charge on any atom is -0.340 e. The van der Waals surface area contributed by atoms with Crippen LogP contribution < -0.4 is 10.2 Å². The first-order valence-corrected chi connectivity index (χ1v) is 9.16. The zero-order chi connectivity index (χ0) is 19.6. The predicted molar refractivity (Wildman–Crippen MR) is 109 cm³/mol. The molecular formula is C18H13ClF3IN4. The molecule has 27 heavy (non-hydrogen) atoms. The van der Waals surface area contributed by atoms with Gasteiger partial charge in [-0.3, -0.25) is 0 Å². The van der Waals surface area contributed by atoms with Gasteiger partial charge in [-0.05, 0) is 71.1 Å². The second-order valence-electron chi connectivity index (χ2n) is 5.60. The van der Waals surface area contributed by atoms with Crippen molar-refractivity contribution in [2.75, 3.05) is 17.3 Å². The summed E-state index contributed by atoms with van der Waals surface area (Å²) in [5.74, 6) is -0.187. The van der Waals surface area contributed by atoms with Crippen molar-refractivity contribution in [1.29, 1.82) is 0 Å². The number of hydrogen-bond acceptors (Lipinski definition) is 4. The van der Waals surface area contributed by atoms with Gasteiger partial charge >= 0.3 is 6.18 Å². The number of benzene rings is 2. The lowest BCUT2D eigenvalue weighted by atomic mass is 10.2. The summed E-state index contributed by atoms with van der Waals surface area (Å²) in [4.78, 5) is 9.56. The van der Waals surface area contributed by atoms with Crippen LogP contribution in [-0.2, 0) is 6.18 Å². The van der Waals surface area contributed by atoms with E-state index < -0.39 is 11.7 Å². The minimum absolute atomic E-state index is 0.123. The smallest absolute Gasteiger partial charge is 0.340 e. The van der Waals surface area contributed by atoms with Crippen LogP contribution in [0.25, 0.3) is 0 Å². The lowest BCUT2D eigenvalue weighted by Gasteiger charge is -2.20. The topological polar surface area (TPSA) is 41.1 Å². The Hall–Kier alpha value is -2.07. The molecule has 140 valence electrons. The Bertz CT molecular complexity index is 931. The Kier molecular flexibility index (Phi) is 5.75. The first kappa shape index (κ1) is 19.7. The van der Waals surface area contributed by atoms with Crippen LogP contribution in [0.3, 0.4) is 0 Å². The third-order valence-electron chi connectivity index (χ3n) is 3.70. The van der Waals surface area contributed by atoms with Crippen molar-refractivity contribution in [3.05, 3.63) is 68.9 Å². The molecular weight excluding hydrogens is 492 g/mol. The molecule has 1 heterocycles. The van der Waals surface area contributed by atoms with E-state index in [2.05, 4.69) is 37.9 Å². The highest BCUT2D eigenvalue weighted by Crippen LogP contribution is 2.36. The van der Waals surface area contributed by atoms with Gasteiger partial charge in [0.1, 0.15) is 11.4 Å². The van der Waals surface area contributed by atoms with Crippen LogP contribution in [0.2, 0.25) is 5.02 Å². The van der Waals surface area contributed by atoms with Crippen molar-refractivity contribution in [3.8, 4) is 0 Å². The molecule has 0 amide bonds. The SMILES string of the molecule is CN(c1ccc(Cl)cc1)c1ncc(C(F)(F)F)c(Nc2ccc(I)cc2)n1. The minimum atomic E-state index is -4.58. The summed E-state index contributed by atoms with van der Waals surface area (Å²) < 4.78 is 41.1. The highest BCUT2D eigenvalue weighted by Gasteiger charge is 2.35. The van der Waals surface area contributed by atoms with Gasteiger partial charge in [-0.15, -0.1) is 0 Å². The zero-order valence-corrected chi connectivity index (χ0v) is 16.8. The highest BCUT2D eigenvalue weighted by molar-refractivity contribution is 14.1. The number of rotatable bonds is 4. The summed E-state index contributed by atoms with van der Waals surface area (Å²) in [5, 5.41) is 3.30. The Morgan fingerprint density at radius 2 is 1.67 bits per heavy atom. The molecule has 4 nitrogen and oxygen atoms in total. The molecule has 3 aromatic rings. The first-order valence-electron chi connectivity index (χ1n) is 7.70. The molecule has 2 aromatic carbocycles. The van der Waals surface area contributed by atoms with E-state index in [1.54, 1.807) is 60.5 Å². The quantitative estimate of drug-likeness (QED) is 0.426. The lowest BCUT2D eigenvalue weighted by molar-refractivity contribution is -0.137. The largest absolute Gasteiger partial charge is 0.421 e. The average molecular weight is 505 g/mol. The number of nitrogens with zero attached hydrogens (tertiary/aromatic N) is 3. The third kappa shape index (κ3) is 4.81. The second-order valence-corrected chi connectivity index (χ2v) is 7.28. The van der Waals surface area contributed by atoms with Gasteiger partial charge in [0, 0.05) is 33.2 Å². The molecule has 0 saturated heterocycles. The molecule has 0 aliphatic rings. The molecule has 3 rings (SSSR count). The standard InChI is InChI=1S/C18H13ClF3IN4/c1-27(14-8-2-11(19)3-9-14)17-24-10-15(18(20,21)22)16(26-17)25-13-6-4-12(23)5-7-13/h2-10H,1H3,(H,24,25,26). The summed E-state index contributed by atoms with van der Waals surface area (Å²) in [6, 6.07) is 13.8. The first-order chi connectivity index (χ1) is 12.7. The van der Waals surface area contributed by atoms with E-state index in [0.717, 1.165) is 9.77 Å². The van der Waals surface area contributed by atoms with Gasteiger partial charge < -0.3 is 10.2 Å². The molecule has 0 aliphatic heterocycles. The van der Waals surface area contributed by atoms with Gasteiger partial charge in [0.05, 0.1) is 0 Å². The van der Waals surface area contributed by atoms with E-state index in [1.807, 2.05) is 0 Å². The van der Waals surface area contributed by atoms with Gasteiger partial charge in [-0.1, -0.05) is 11.6 Å². The van der Waals surface area contributed by atoms with Gasteiger partial charge in [-0.25, -0.2) is 4.98 Å². The van der Waals surface area contributed by atoms with E-state index in [0.29, 0.717) is 16.4 Å². The van der Waals surface area contributed by atoms with Crippen LogP contribution in [0, 0.1) is 3.57 Å². The number of hydrogen-bond donors (Lipinski definition) is 1. The molecule has 0 bridgehead atoms. The highest BCUT2D eigenvalue weighted by atomic mass is 127. The maximum absolute atomic E-state index is 13.4. The normalized spacial score (nSPS) is 11.3. The van der Waals surface area contributed by atoms with E-state index in [4.69, 9.17) is 11.6 Å². The summed E-state index contributed by atoms with van der Waals surface area (Å²) in [5.41, 5.74) is 0.258. The zero-order valence-electron chi connectivity index (χ0n) is 13.9. The van der Waals surface area contributed by atoms with Gasteiger partial charge in [-0.2, -0.15) is 18.2 Å². The Morgan fingerprint density at radius 1 is 1.04 bits per heavy atom. The van der Waals surface area contributed by atoms with E-state index in [-0.39, 0.29) is 11.8 Å². The van der Waals surface area contributed by atoms with Crippen LogP contribution in [-0.4, -0.2) is 17.0 Å². The number of halogens is 5. The molecule has 0 radical (unpaired) electrons. The van der Waals surface area contributed by atoms with E-state index in [1.165, 1.54) is 0 Å². The third-order valence-corrected chi connectivity index (χ3v) is 4.67. The molecule has 0 aliphatic carbocycles. The van der Waals surface area contributed by atoms with Crippen LogP contribution in [0.1, 0.15) is 5.56 Å². The molecule has 0 saturated carbocycles. The maximum Gasteiger partial charge on any atom is 0.421 e. The van der Waals surface area contributed by atoms with Crippen molar-refractivity contribution in [2.45, 2.75) is 6.18 Å². The maximum atomic E-state index is 13.4. The van der Waals surface area contributed by atoms with Crippen molar-refractivity contribution < 1.29 is 13.2 Å². The van der Waals surface area contributed by atoms with Crippen molar-refractivity contribution in [1.82, 2.24) is 9.97 Å². The van der Waals surface area contributed by atoms with Crippen LogP contribution >= 0.6 is 34.2 Å². The summed E-state index contributed by atoms with van der Waals surface area (Å²) >= 11 is 7.99. The molecule has 1 N–H and O–H groups in total. The number of anilines is 4. The molecule has 0 atom stereocenters. The van der Waals surface area contributed by atoms with Crippen LogP contribution in [0.4, 0.5) is 36.3 Å². The van der Waals surface area contributed by atoms with Crippen molar-refractivity contribution >= 4 is 57.3 Å². The van der Waals surface area contributed by atoms with Crippen LogP contribution in [0.5, 0.6) is 0 Å². The number of nitrogens with one attached hydrogen (secondary N) is 1. The molecule has 0 fully saturated rings. The van der Waals surface area contributed by atoms with Crippen molar-refractivity contribution in [3.63, 3.8) is 0 Å². The van der Waals surface area contributed by atoms with Crippen LogP contribution in [0.15, 0.2) is 54.7 Å². The predicted octanol–water partition coefficient (Wildman–Crippen LogP) is 6.26. The molecule has 0 unspecified atom stereocenters. The van der Waals surface area contributed by atoms with Gasteiger partial charge in [0.2, 0.25) is 5.95 Å². The fourth-order valence-electron chi connectivity index (χ4n) is 2.29. The van der Waals surface area contributed by atoms with E-state index >= 15 is 0 Å². The lowest BCUT2D eigenvalue weighted by Crippen LogP contribution is -2.17. The fraction of sp³-hybridized carbons (Fsp3) is 0.111. The summed E-state index contributed by atoms with van der Waals surface area (Å²) in [6.45, 7) is 0. The Balaban J connectivity index is 1.99. The van der Waals surface area contributed by atoms with Crippen molar-refractivity contribution in [2.24, 2.45) is 0 Å². The number of alkyl halides is 3. The number of aromatic nitrogens is 2. The van der Waals surface area contributed by atoms with Gasteiger partial charge in [0.25, 0.3) is 0 Å². The average Bonchev–Trinajstić information content (AvgIpc) is 2.63. The fourth-order valence-corrected chi connectivity index (χ4v) is 2.77. The Morgan fingerprint density at radius 3 is 2.26 bits per heavy atom. The summed E-state index contributed by atoms with van der Waals surface area (Å²) in [6.07, 6.45) is -3.80. The van der Waals surface area contributed by atoms with E-state index in [9.17, 15) is 13.2 Å². The summed E-state index contributed by atoms with van der Waals surface area (Å²) in [7, 11) is 1.67. The molecule has 9 heteroatoms. The second kappa shape index (κ2) is 7.89. The van der Waals surface area contributed by atoms with Gasteiger partial charge in [0.15, 0.2) is 0 Å².